The first kappa shape index (κ1) is 28.1. The van der Waals surface area contributed by atoms with E-state index in [1.54, 1.807) is 12.2 Å². The molecule has 0 aliphatic heterocycles. The van der Waals surface area contributed by atoms with Gasteiger partial charge in [0.1, 0.15) is 4.08 Å². The molecule has 0 nitrogen and oxygen atoms in total. The summed E-state index contributed by atoms with van der Waals surface area (Å²) in [6.07, 6.45) is 28.8. The van der Waals surface area contributed by atoms with E-state index in [1.165, 1.54) is 76.4 Å². The van der Waals surface area contributed by atoms with Gasteiger partial charge in [-0.2, -0.15) is 17.6 Å². The van der Waals surface area contributed by atoms with E-state index in [2.05, 4.69) is 38.2 Å². The summed E-state index contributed by atoms with van der Waals surface area (Å²) < 4.78 is 51.0. The molecule has 0 aromatic heterocycles. The number of rotatable bonds is 8. The van der Waals surface area contributed by atoms with E-state index in [1.807, 2.05) is 0 Å². The highest BCUT2D eigenvalue weighted by Crippen LogP contribution is 2.54. The van der Waals surface area contributed by atoms with Gasteiger partial charge in [0, 0.05) is 5.41 Å². The molecule has 0 aromatic carbocycles. The molecule has 200 valence electrons. The molecule has 0 spiro atoms. The first-order chi connectivity index (χ1) is 17.2. The first-order valence-electron chi connectivity index (χ1n) is 13.7. The molecule has 4 rings (SSSR count). The van der Waals surface area contributed by atoms with Crippen molar-refractivity contribution in [3.63, 3.8) is 0 Å². The maximum Gasteiger partial charge on any atom is 0.286 e. The summed E-state index contributed by atoms with van der Waals surface area (Å²) in [7, 11) is 0. The topological polar surface area (TPSA) is 0 Å². The molecule has 2 saturated carbocycles. The lowest BCUT2D eigenvalue weighted by molar-refractivity contribution is 0.0871. The predicted molar refractivity (Wildman–Crippen MR) is 147 cm³/mol. The average Bonchev–Trinajstić information content (AvgIpc) is 2.85. The number of thioether (sulfide) groups is 2. The van der Waals surface area contributed by atoms with Gasteiger partial charge in [0.05, 0.1) is 0 Å². The van der Waals surface area contributed by atoms with Crippen LogP contribution in [0.4, 0.5) is 17.6 Å². The Bertz CT molecular complexity index is 841. The van der Waals surface area contributed by atoms with Gasteiger partial charge in [0.2, 0.25) is 0 Å². The second-order valence-corrected chi connectivity index (χ2v) is 14.0. The summed E-state index contributed by atoms with van der Waals surface area (Å²) in [6, 6.07) is 0. The zero-order chi connectivity index (χ0) is 25.8. The molecule has 0 atom stereocenters. The minimum Gasteiger partial charge on any atom is -0.198 e. The Labute approximate surface area is 223 Å². The van der Waals surface area contributed by atoms with Crippen molar-refractivity contribution in [1.82, 2.24) is 0 Å². The third kappa shape index (κ3) is 6.57. The number of hydrogen-bond donors (Lipinski definition) is 0. The molecule has 0 radical (unpaired) electrons. The Morgan fingerprint density at radius 1 is 0.722 bits per heavy atom. The van der Waals surface area contributed by atoms with Gasteiger partial charge in [-0.05, 0) is 60.5 Å². The number of allylic oxidation sites excluding steroid dienone is 8. The molecule has 0 aromatic rings. The highest BCUT2D eigenvalue weighted by molar-refractivity contribution is 8.19. The molecular formula is C30H40F4S2. The lowest BCUT2D eigenvalue weighted by Crippen LogP contribution is -2.39. The van der Waals surface area contributed by atoms with E-state index in [0.29, 0.717) is 11.8 Å². The molecule has 0 saturated heterocycles. The second kappa shape index (κ2) is 12.3. The van der Waals surface area contributed by atoms with Crippen LogP contribution in [0.3, 0.4) is 0 Å². The molecular weight excluding hydrogens is 500 g/mol. The van der Waals surface area contributed by atoms with Crippen molar-refractivity contribution in [2.45, 2.75) is 93.6 Å². The van der Waals surface area contributed by atoms with Crippen LogP contribution in [0.5, 0.6) is 0 Å². The van der Waals surface area contributed by atoms with Gasteiger partial charge in [-0.3, -0.25) is 0 Å². The molecule has 0 unspecified atom stereocenters. The van der Waals surface area contributed by atoms with Crippen LogP contribution in [-0.4, -0.2) is 15.6 Å². The van der Waals surface area contributed by atoms with Crippen molar-refractivity contribution in [3.8, 4) is 0 Å². The zero-order valence-corrected chi connectivity index (χ0v) is 23.1. The van der Waals surface area contributed by atoms with Crippen LogP contribution in [0, 0.1) is 29.1 Å². The van der Waals surface area contributed by atoms with Crippen molar-refractivity contribution < 1.29 is 17.6 Å². The normalized spacial score (nSPS) is 34.2. The molecule has 2 fully saturated rings. The van der Waals surface area contributed by atoms with Gasteiger partial charge < -0.3 is 0 Å². The minimum atomic E-state index is -2.72. The van der Waals surface area contributed by atoms with Crippen molar-refractivity contribution in [1.29, 1.82) is 0 Å². The minimum absolute atomic E-state index is 0.0876. The van der Waals surface area contributed by atoms with Gasteiger partial charge in [-0.1, -0.05) is 125 Å². The van der Waals surface area contributed by atoms with Crippen LogP contribution in [0.1, 0.15) is 78.1 Å². The number of halogens is 4. The van der Waals surface area contributed by atoms with E-state index in [9.17, 15) is 17.6 Å². The molecule has 4 aliphatic carbocycles. The summed E-state index contributed by atoms with van der Waals surface area (Å²) in [5, 5.41) is 0. The van der Waals surface area contributed by atoms with Crippen LogP contribution in [0.25, 0.3) is 0 Å². The van der Waals surface area contributed by atoms with E-state index < -0.39 is 15.6 Å². The monoisotopic (exact) mass is 540 g/mol. The molecule has 0 amide bonds. The van der Waals surface area contributed by atoms with Crippen LogP contribution in [0.15, 0.2) is 59.8 Å². The molecule has 4 aliphatic rings. The zero-order valence-electron chi connectivity index (χ0n) is 21.5. The van der Waals surface area contributed by atoms with Crippen molar-refractivity contribution in [3.05, 3.63) is 59.8 Å². The summed E-state index contributed by atoms with van der Waals surface area (Å²) in [6.45, 7) is 4.66. The fourth-order valence-corrected chi connectivity index (χ4v) is 8.75. The fraction of sp³-hybridized carbons (Fsp3) is 0.667. The van der Waals surface area contributed by atoms with Crippen molar-refractivity contribution >= 4 is 23.5 Å². The van der Waals surface area contributed by atoms with E-state index in [4.69, 9.17) is 0 Å². The summed E-state index contributed by atoms with van der Waals surface area (Å²) in [5.74, 6) is -2.43. The Hall–Kier alpha value is -0.880. The van der Waals surface area contributed by atoms with Crippen LogP contribution >= 0.6 is 23.5 Å². The standard InChI is InChI=1S/C30H40F4S2/c1-3-4-22-7-11-26(12-8-22)29(25-9-5-21(2)6-10-25)17-13-23(14-18-29)24-15-19-30(20-16-24,35-27(31)32)36-28(33)34/h13-22,25-28H,3-12H2,1-2H3. The van der Waals surface area contributed by atoms with Crippen LogP contribution < -0.4 is 0 Å². The lowest BCUT2D eigenvalue weighted by atomic mass is 9.56. The van der Waals surface area contributed by atoms with Crippen molar-refractivity contribution in [2.24, 2.45) is 29.1 Å². The highest BCUT2D eigenvalue weighted by atomic mass is 32.2. The average molecular weight is 541 g/mol. The molecule has 36 heavy (non-hydrogen) atoms. The third-order valence-electron chi connectivity index (χ3n) is 8.95. The van der Waals surface area contributed by atoms with E-state index >= 15 is 0 Å². The highest BCUT2D eigenvalue weighted by Gasteiger charge is 2.44. The number of hydrogen-bond acceptors (Lipinski definition) is 2. The largest absolute Gasteiger partial charge is 0.286 e. The van der Waals surface area contributed by atoms with Gasteiger partial charge in [-0.15, -0.1) is 0 Å². The summed E-state index contributed by atoms with van der Waals surface area (Å²) in [4.78, 5) is 0. The summed E-state index contributed by atoms with van der Waals surface area (Å²) >= 11 is 0.516. The smallest absolute Gasteiger partial charge is 0.198 e. The van der Waals surface area contributed by atoms with Crippen LogP contribution in [0.2, 0.25) is 0 Å². The Balaban J connectivity index is 1.56. The van der Waals surface area contributed by atoms with E-state index in [-0.39, 0.29) is 28.9 Å². The van der Waals surface area contributed by atoms with Gasteiger partial charge >= 0.3 is 0 Å². The summed E-state index contributed by atoms with van der Waals surface area (Å²) in [5.41, 5.74) is 2.00. The molecule has 6 heteroatoms. The van der Waals surface area contributed by atoms with Crippen molar-refractivity contribution in [2.75, 3.05) is 0 Å². The van der Waals surface area contributed by atoms with Gasteiger partial charge in [0.15, 0.2) is 0 Å². The third-order valence-corrected chi connectivity index (χ3v) is 11.2. The molecule has 0 heterocycles. The molecule has 0 N–H and O–H groups in total. The maximum atomic E-state index is 13.1. The van der Waals surface area contributed by atoms with Crippen LogP contribution in [-0.2, 0) is 0 Å². The Kier molecular flexibility index (Phi) is 9.63. The van der Waals surface area contributed by atoms with Gasteiger partial charge in [-0.25, -0.2) is 0 Å². The SMILES string of the molecule is CCCC1CCC(C2(C3CCC(C)CC3)C=CC(=C3C=CC(SC(F)F)(SC(F)F)C=C3)C=C2)CC1. The Morgan fingerprint density at radius 2 is 1.17 bits per heavy atom. The first-order valence-corrected chi connectivity index (χ1v) is 15.4. The molecule has 0 bridgehead atoms. The predicted octanol–water partition coefficient (Wildman–Crippen LogP) is 10.6. The van der Waals surface area contributed by atoms with E-state index in [0.717, 1.165) is 23.0 Å². The maximum absolute atomic E-state index is 13.1. The number of alkyl halides is 4. The fourth-order valence-electron chi connectivity index (χ4n) is 6.95. The Morgan fingerprint density at radius 3 is 1.61 bits per heavy atom. The second-order valence-electron chi connectivity index (χ2n) is 11.2. The quantitative estimate of drug-likeness (QED) is 0.222. The van der Waals surface area contributed by atoms with Gasteiger partial charge in [0.25, 0.3) is 11.5 Å². The lowest BCUT2D eigenvalue weighted by Gasteiger charge is -2.48.